The second-order valence-electron chi connectivity index (χ2n) is 27.8. The van der Waals surface area contributed by atoms with Crippen LogP contribution in [0.2, 0.25) is 0 Å². The third-order valence-corrected chi connectivity index (χ3v) is 19.1. The number of carbonyl (C=O) groups excluding carboxylic acids is 2. The minimum absolute atomic E-state index is 0.0208. The van der Waals surface area contributed by atoms with Crippen LogP contribution in [0.1, 0.15) is 463 Å². The van der Waals surface area contributed by atoms with Gasteiger partial charge in [0.05, 0.1) is 25.4 Å². The molecule has 0 heterocycles. The lowest BCUT2D eigenvalue weighted by atomic mass is 10.0. The second-order valence-corrected chi connectivity index (χ2v) is 27.8. The third kappa shape index (κ3) is 71.7. The van der Waals surface area contributed by atoms with Crippen molar-refractivity contribution in [2.45, 2.75) is 475 Å². The van der Waals surface area contributed by atoms with Crippen molar-refractivity contribution in [1.82, 2.24) is 5.32 Å². The monoisotopic (exact) mass is 1210 g/mol. The van der Waals surface area contributed by atoms with E-state index in [1.54, 1.807) is 0 Å². The van der Waals surface area contributed by atoms with Crippen LogP contribution < -0.4 is 5.32 Å². The van der Waals surface area contributed by atoms with Gasteiger partial charge in [0.1, 0.15) is 0 Å². The number of unbranched alkanes of at least 4 members (excludes halogenated alkanes) is 63. The van der Waals surface area contributed by atoms with Crippen LogP contribution in [0.5, 0.6) is 0 Å². The maximum absolute atomic E-state index is 12.6. The van der Waals surface area contributed by atoms with Gasteiger partial charge in [-0.2, -0.15) is 0 Å². The molecule has 0 aliphatic heterocycles. The molecule has 0 aromatic heterocycles. The van der Waals surface area contributed by atoms with Crippen molar-refractivity contribution in [3.05, 3.63) is 12.2 Å². The Balaban J connectivity index is 3.36. The second kappa shape index (κ2) is 76.1. The van der Waals surface area contributed by atoms with Crippen LogP contribution in [0.25, 0.3) is 0 Å². The van der Waals surface area contributed by atoms with Crippen LogP contribution in [0.15, 0.2) is 12.2 Å². The summed E-state index contributed by atoms with van der Waals surface area (Å²) in [6.45, 7) is 5.01. The van der Waals surface area contributed by atoms with E-state index in [9.17, 15) is 19.8 Å². The van der Waals surface area contributed by atoms with E-state index < -0.39 is 12.1 Å². The van der Waals surface area contributed by atoms with E-state index in [1.807, 2.05) is 0 Å². The van der Waals surface area contributed by atoms with Gasteiger partial charge >= 0.3 is 5.97 Å². The molecule has 1 amide bonds. The van der Waals surface area contributed by atoms with E-state index in [0.29, 0.717) is 25.9 Å². The highest BCUT2D eigenvalue weighted by Crippen LogP contribution is 2.20. The van der Waals surface area contributed by atoms with Crippen LogP contribution in [0.3, 0.4) is 0 Å². The Morgan fingerprint density at radius 1 is 0.314 bits per heavy atom. The number of amides is 1. The minimum Gasteiger partial charge on any atom is -0.466 e. The number of rotatable bonds is 76. The zero-order chi connectivity index (χ0) is 62.0. The lowest BCUT2D eigenvalue weighted by molar-refractivity contribution is -0.143. The first-order valence-electron chi connectivity index (χ1n) is 39.9. The summed E-state index contributed by atoms with van der Waals surface area (Å²) in [7, 11) is 0. The molecule has 0 saturated heterocycles. The van der Waals surface area contributed by atoms with Crippen LogP contribution >= 0.6 is 0 Å². The molecule has 86 heavy (non-hydrogen) atoms. The fourth-order valence-corrected chi connectivity index (χ4v) is 13.0. The zero-order valence-corrected chi connectivity index (χ0v) is 58.8. The highest BCUT2D eigenvalue weighted by Gasteiger charge is 2.20. The predicted molar refractivity (Wildman–Crippen MR) is 380 cm³/mol. The number of nitrogens with one attached hydrogen (secondary N) is 1. The normalized spacial score (nSPS) is 12.5. The molecule has 0 aromatic carbocycles. The highest BCUT2D eigenvalue weighted by molar-refractivity contribution is 5.76. The van der Waals surface area contributed by atoms with Gasteiger partial charge in [-0.05, 0) is 51.4 Å². The Bertz CT molecular complexity index is 1300. The number of hydrogen-bond acceptors (Lipinski definition) is 5. The van der Waals surface area contributed by atoms with E-state index in [0.717, 1.165) is 38.5 Å². The van der Waals surface area contributed by atoms with Gasteiger partial charge in [-0.25, -0.2) is 0 Å². The molecule has 0 spiro atoms. The number of hydrogen-bond donors (Lipinski definition) is 3. The lowest BCUT2D eigenvalue weighted by Crippen LogP contribution is -2.45. The Labute approximate surface area is 539 Å². The zero-order valence-electron chi connectivity index (χ0n) is 58.8. The Hall–Kier alpha value is -1.40. The van der Waals surface area contributed by atoms with Gasteiger partial charge in [0.2, 0.25) is 5.91 Å². The van der Waals surface area contributed by atoms with E-state index in [2.05, 4.69) is 31.3 Å². The average molecular weight is 1210 g/mol. The van der Waals surface area contributed by atoms with Gasteiger partial charge in [0, 0.05) is 12.8 Å². The molecule has 2 atom stereocenters. The fraction of sp³-hybridized carbons (Fsp3) is 0.950. The van der Waals surface area contributed by atoms with Crippen molar-refractivity contribution in [3.8, 4) is 0 Å². The molecule has 0 saturated carbocycles. The Kier molecular flexibility index (Phi) is 74.8. The maximum atomic E-state index is 12.6. The molecule has 2 unspecified atom stereocenters. The summed E-state index contributed by atoms with van der Waals surface area (Å²) in [4.78, 5) is 24.7. The summed E-state index contributed by atoms with van der Waals surface area (Å²) < 4.78 is 5.51. The van der Waals surface area contributed by atoms with Crippen LogP contribution in [-0.4, -0.2) is 47.4 Å². The molecule has 6 heteroatoms. The van der Waals surface area contributed by atoms with E-state index in [4.69, 9.17) is 4.74 Å². The smallest absolute Gasteiger partial charge is 0.305 e. The summed E-state index contributed by atoms with van der Waals surface area (Å²) in [5, 5.41) is 23.5. The SMILES string of the molecule is CCCCCCCCCCCCCCCCCCCCCCCCCCCC(O)C(CO)NC(=O)CCCCCCCCCCCCCC/C=C\CCCCCCCCCCCCCCOC(=O)CCCCCCCCCCCCCCCCCC. The van der Waals surface area contributed by atoms with E-state index in [-0.39, 0.29) is 18.5 Å². The quantitative estimate of drug-likeness (QED) is 0.0320. The average Bonchev–Trinajstić information content (AvgIpc) is 3.58. The molecule has 0 rings (SSSR count). The molecule has 0 aliphatic rings. The predicted octanol–water partition coefficient (Wildman–Crippen LogP) is 26.3. The minimum atomic E-state index is -0.665. The molecule has 6 nitrogen and oxygen atoms in total. The number of aliphatic hydroxyl groups excluding tert-OH is 2. The number of aliphatic hydroxyl groups is 2. The van der Waals surface area contributed by atoms with Crippen molar-refractivity contribution in [2.24, 2.45) is 0 Å². The molecule has 0 radical (unpaired) electrons. The number of esters is 1. The van der Waals surface area contributed by atoms with Crippen molar-refractivity contribution in [3.63, 3.8) is 0 Å². The lowest BCUT2D eigenvalue weighted by Gasteiger charge is -2.22. The van der Waals surface area contributed by atoms with Crippen molar-refractivity contribution in [1.29, 1.82) is 0 Å². The Morgan fingerprint density at radius 2 is 0.547 bits per heavy atom. The van der Waals surface area contributed by atoms with Gasteiger partial charge in [-0.15, -0.1) is 0 Å². The molecule has 0 fully saturated rings. The van der Waals surface area contributed by atoms with Gasteiger partial charge in [0.15, 0.2) is 0 Å². The topological polar surface area (TPSA) is 95.9 Å². The Morgan fingerprint density at radius 3 is 0.826 bits per heavy atom. The molecule has 0 aliphatic carbocycles. The highest BCUT2D eigenvalue weighted by atomic mass is 16.5. The van der Waals surface area contributed by atoms with Crippen molar-refractivity contribution < 1.29 is 24.5 Å². The summed E-state index contributed by atoms with van der Waals surface area (Å²) in [5.74, 6) is -0.00786. The van der Waals surface area contributed by atoms with Crippen LogP contribution in [0.4, 0.5) is 0 Å². The van der Waals surface area contributed by atoms with Gasteiger partial charge in [-0.3, -0.25) is 9.59 Å². The van der Waals surface area contributed by atoms with Gasteiger partial charge in [-0.1, -0.05) is 411 Å². The molecular formula is C80H157NO5. The van der Waals surface area contributed by atoms with Crippen molar-refractivity contribution in [2.75, 3.05) is 13.2 Å². The standard InChI is InChI=1S/C80H157NO5/c1-3-5-7-9-11-13-15-17-19-21-22-23-24-29-32-35-38-41-44-48-52-56-60-64-68-72-78(83)77(76-82)81-79(84)73-69-65-61-57-53-49-45-42-39-36-33-30-27-25-26-28-31-34-37-40-43-47-51-55-59-63-67-71-75-86-80(85)74-70-66-62-58-54-50-46-20-18-16-14-12-10-8-6-4-2/h25-26,77-78,82-83H,3-24,27-76H2,1-2H3,(H,81,84)/b26-25-. The first kappa shape index (κ1) is 84.6. The van der Waals surface area contributed by atoms with E-state index in [1.165, 1.54) is 392 Å². The van der Waals surface area contributed by atoms with Crippen molar-refractivity contribution >= 4 is 11.9 Å². The fourth-order valence-electron chi connectivity index (χ4n) is 13.0. The summed E-state index contributed by atoms with van der Waals surface area (Å²) in [6.07, 6.45) is 95.9. The molecule has 0 aromatic rings. The third-order valence-electron chi connectivity index (χ3n) is 19.1. The molecule has 512 valence electrons. The molecule has 3 N–H and O–H groups in total. The van der Waals surface area contributed by atoms with Crippen LogP contribution in [-0.2, 0) is 14.3 Å². The summed E-state index contributed by atoms with van der Waals surface area (Å²) in [5.41, 5.74) is 0. The number of ether oxygens (including phenoxy) is 1. The summed E-state index contributed by atoms with van der Waals surface area (Å²) >= 11 is 0. The molecule has 0 bridgehead atoms. The largest absolute Gasteiger partial charge is 0.466 e. The van der Waals surface area contributed by atoms with Gasteiger partial charge < -0.3 is 20.3 Å². The number of allylic oxidation sites excluding steroid dienone is 2. The van der Waals surface area contributed by atoms with E-state index >= 15 is 0 Å². The maximum Gasteiger partial charge on any atom is 0.305 e. The molecular weight excluding hydrogens is 1050 g/mol. The summed E-state index contributed by atoms with van der Waals surface area (Å²) in [6, 6.07) is -0.543. The van der Waals surface area contributed by atoms with Gasteiger partial charge in [0.25, 0.3) is 0 Å². The first-order valence-corrected chi connectivity index (χ1v) is 39.9. The first-order chi connectivity index (χ1) is 42.5. The van der Waals surface area contributed by atoms with Crippen LogP contribution in [0, 0.1) is 0 Å². The number of carbonyl (C=O) groups is 2.